The van der Waals surface area contributed by atoms with Crippen LogP contribution in [0.5, 0.6) is 5.75 Å². The molecule has 12 nitrogen and oxygen atoms in total. The third-order valence-electron chi connectivity index (χ3n) is 8.02. The van der Waals surface area contributed by atoms with Crippen LogP contribution in [0.25, 0.3) is 0 Å². The van der Waals surface area contributed by atoms with E-state index in [1.807, 2.05) is 31.0 Å². The van der Waals surface area contributed by atoms with Gasteiger partial charge in [-0.15, -0.1) is 0 Å². The van der Waals surface area contributed by atoms with E-state index in [2.05, 4.69) is 56.7 Å². The summed E-state index contributed by atoms with van der Waals surface area (Å²) < 4.78 is 5.61. The number of likely N-dealkylation sites (N-methyl/N-ethyl adjacent to an activating group) is 2. The van der Waals surface area contributed by atoms with Crippen molar-refractivity contribution < 1.29 is 14.3 Å². The molecule has 3 aromatic rings. The van der Waals surface area contributed by atoms with Crippen LogP contribution in [0.1, 0.15) is 29.3 Å². The summed E-state index contributed by atoms with van der Waals surface area (Å²) in [5.74, 6) is 1.25. The summed E-state index contributed by atoms with van der Waals surface area (Å²) in [5.41, 5.74) is 3.96. The fraction of sp³-hybridized carbons (Fsp3) is 0.419. The quantitative estimate of drug-likeness (QED) is 0.388. The summed E-state index contributed by atoms with van der Waals surface area (Å²) >= 11 is 0. The number of piperazine rings is 1. The molecule has 1 saturated heterocycles. The van der Waals surface area contributed by atoms with Gasteiger partial charge in [0, 0.05) is 65.1 Å². The van der Waals surface area contributed by atoms with Gasteiger partial charge in [-0.1, -0.05) is 19.1 Å². The summed E-state index contributed by atoms with van der Waals surface area (Å²) in [5, 5.41) is 9.97. The van der Waals surface area contributed by atoms with E-state index in [0.29, 0.717) is 47.4 Å². The largest absolute Gasteiger partial charge is 0.495 e. The number of ether oxygens (including phenoxy) is 1. The number of aromatic nitrogens is 2. The number of nitrogens with one attached hydrogen (secondary N) is 2. The maximum Gasteiger partial charge on any atom is 0.251 e. The van der Waals surface area contributed by atoms with Crippen molar-refractivity contribution in [1.29, 1.82) is 0 Å². The maximum absolute atomic E-state index is 13.0. The highest BCUT2D eigenvalue weighted by molar-refractivity contribution is 6.04. The summed E-state index contributed by atoms with van der Waals surface area (Å²) in [4.78, 5) is 41.5. The molecule has 43 heavy (non-hydrogen) atoms. The van der Waals surface area contributed by atoms with E-state index in [-0.39, 0.29) is 17.9 Å². The number of anilines is 5. The lowest BCUT2D eigenvalue weighted by molar-refractivity contribution is -0.120. The Kier molecular flexibility index (Phi) is 8.97. The Labute approximate surface area is 253 Å². The first kappa shape index (κ1) is 30.1. The van der Waals surface area contributed by atoms with E-state index in [0.717, 1.165) is 31.7 Å². The minimum atomic E-state index is -0.363. The molecule has 1 aromatic heterocycles. The zero-order valence-electron chi connectivity index (χ0n) is 25.8. The molecule has 2 aliphatic heterocycles. The number of carbonyl (C=O) groups excluding carboxylic acids is 2. The molecule has 12 heteroatoms. The Balaban J connectivity index is 1.26. The number of nitrogens with zero attached hydrogens (tertiary/aromatic N) is 7. The third-order valence-corrected chi connectivity index (χ3v) is 8.02. The van der Waals surface area contributed by atoms with Gasteiger partial charge in [0.25, 0.3) is 11.8 Å². The fourth-order valence-electron chi connectivity index (χ4n) is 5.47. The van der Waals surface area contributed by atoms with Gasteiger partial charge in [-0.2, -0.15) is 4.98 Å². The van der Waals surface area contributed by atoms with Crippen LogP contribution in [0.15, 0.2) is 48.7 Å². The second kappa shape index (κ2) is 12.8. The fourth-order valence-corrected chi connectivity index (χ4v) is 5.47. The van der Waals surface area contributed by atoms with E-state index in [1.54, 1.807) is 43.5 Å². The van der Waals surface area contributed by atoms with Gasteiger partial charge in [0.1, 0.15) is 17.5 Å². The molecule has 5 rings (SSSR count). The topological polar surface area (TPSA) is 109 Å². The molecular formula is C31H41N9O3. The highest BCUT2D eigenvalue weighted by Gasteiger charge is 2.38. The smallest absolute Gasteiger partial charge is 0.251 e. The van der Waals surface area contributed by atoms with Crippen LogP contribution < -0.4 is 30.2 Å². The van der Waals surface area contributed by atoms with Gasteiger partial charge in [0.05, 0.1) is 19.0 Å². The highest BCUT2D eigenvalue weighted by atomic mass is 16.5. The second-order valence-electron chi connectivity index (χ2n) is 11.1. The van der Waals surface area contributed by atoms with Gasteiger partial charge in [-0.3, -0.25) is 14.6 Å². The average molecular weight is 588 g/mol. The number of hydrazine groups is 1. The minimum absolute atomic E-state index is 0.00814. The van der Waals surface area contributed by atoms with Crippen LogP contribution >= 0.6 is 0 Å². The summed E-state index contributed by atoms with van der Waals surface area (Å²) in [6.07, 6.45) is 2.27. The van der Waals surface area contributed by atoms with Crippen molar-refractivity contribution >= 4 is 40.6 Å². The molecule has 2 amide bonds. The molecule has 228 valence electrons. The number of rotatable bonds is 9. The number of amides is 2. The zero-order valence-corrected chi connectivity index (χ0v) is 25.8. The highest BCUT2D eigenvalue weighted by Crippen LogP contribution is 2.36. The molecule has 0 radical (unpaired) electrons. The first-order valence-electron chi connectivity index (χ1n) is 14.6. The van der Waals surface area contributed by atoms with Crippen LogP contribution in [-0.4, -0.2) is 99.2 Å². The number of fused-ring (bicyclic) bond motifs is 1. The molecule has 0 saturated carbocycles. The number of carbonyl (C=O) groups is 2. The number of hydrogen-bond donors (Lipinski definition) is 2. The van der Waals surface area contributed by atoms with Crippen molar-refractivity contribution in [2.75, 3.05) is 81.6 Å². The van der Waals surface area contributed by atoms with E-state index in [9.17, 15) is 9.59 Å². The van der Waals surface area contributed by atoms with Crippen LogP contribution in [0, 0.1) is 0 Å². The molecule has 2 aromatic carbocycles. The van der Waals surface area contributed by atoms with Crippen molar-refractivity contribution in [3.8, 4) is 5.75 Å². The van der Waals surface area contributed by atoms with Gasteiger partial charge in [0.15, 0.2) is 5.82 Å². The normalized spacial score (nSPS) is 17.2. The Morgan fingerprint density at radius 1 is 1.07 bits per heavy atom. The first-order valence-corrected chi connectivity index (χ1v) is 14.6. The maximum atomic E-state index is 13.0. The Morgan fingerprint density at radius 3 is 2.44 bits per heavy atom. The first-order chi connectivity index (χ1) is 20.7. The van der Waals surface area contributed by atoms with E-state index >= 15 is 0 Å². The van der Waals surface area contributed by atoms with Crippen LogP contribution in [0.2, 0.25) is 0 Å². The predicted molar refractivity (Wildman–Crippen MR) is 169 cm³/mol. The van der Waals surface area contributed by atoms with E-state index < -0.39 is 0 Å². The second-order valence-corrected chi connectivity index (χ2v) is 11.1. The number of benzene rings is 2. The molecule has 1 fully saturated rings. The molecule has 1 unspecified atom stereocenters. The molecule has 0 bridgehead atoms. The van der Waals surface area contributed by atoms with Crippen molar-refractivity contribution in [2.45, 2.75) is 25.9 Å². The number of methoxy groups -OCH3 is 1. The molecule has 2 N–H and O–H groups in total. The van der Waals surface area contributed by atoms with E-state index in [1.165, 1.54) is 5.69 Å². The van der Waals surface area contributed by atoms with Crippen LogP contribution in [0.4, 0.5) is 28.8 Å². The summed E-state index contributed by atoms with van der Waals surface area (Å²) in [6, 6.07) is 13.2. The lowest BCUT2D eigenvalue weighted by Gasteiger charge is -2.43. The Bertz CT molecular complexity index is 1460. The van der Waals surface area contributed by atoms with Gasteiger partial charge < -0.3 is 30.1 Å². The lowest BCUT2D eigenvalue weighted by Crippen LogP contribution is -2.57. The van der Waals surface area contributed by atoms with Crippen LogP contribution in [0.3, 0.4) is 0 Å². The lowest BCUT2D eigenvalue weighted by atomic mass is 10.1. The molecule has 2 aliphatic rings. The van der Waals surface area contributed by atoms with Crippen LogP contribution in [-0.2, 0) is 11.3 Å². The van der Waals surface area contributed by atoms with E-state index in [4.69, 9.17) is 9.72 Å². The van der Waals surface area contributed by atoms with Crippen molar-refractivity contribution in [3.05, 3.63) is 59.8 Å². The molecule has 3 heterocycles. The molecular weight excluding hydrogens is 546 g/mol. The molecule has 0 aliphatic carbocycles. The summed E-state index contributed by atoms with van der Waals surface area (Å²) in [7, 11) is 9.21. The van der Waals surface area contributed by atoms with Gasteiger partial charge in [0.2, 0.25) is 5.95 Å². The van der Waals surface area contributed by atoms with Crippen molar-refractivity contribution in [1.82, 2.24) is 25.2 Å². The zero-order chi connectivity index (χ0) is 30.7. The Morgan fingerprint density at radius 2 is 1.79 bits per heavy atom. The monoisotopic (exact) mass is 587 g/mol. The van der Waals surface area contributed by atoms with Gasteiger partial charge in [-0.25, -0.2) is 9.99 Å². The molecule has 1 atom stereocenters. The Hall–Kier alpha value is -4.42. The molecule has 0 spiro atoms. The minimum Gasteiger partial charge on any atom is -0.495 e. The van der Waals surface area contributed by atoms with Gasteiger partial charge in [-0.05, 0) is 49.4 Å². The third kappa shape index (κ3) is 6.35. The van der Waals surface area contributed by atoms with Crippen molar-refractivity contribution in [3.63, 3.8) is 0 Å². The average Bonchev–Trinajstić information content (AvgIpc) is 3.02. The SMILES string of the molecule is CCC1C(=O)N(C)c2cnc(Nc3ccc(C(=O)NCc4ccc(N5CCN(C)CC5)cc4)cc3OC)nc2N1N(C)C. The van der Waals surface area contributed by atoms with Gasteiger partial charge >= 0.3 is 0 Å². The predicted octanol–water partition coefficient (Wildman–Crippen LogP) is 2.95. The summed E-state index contributed by atoms with van der Waals surface area (Å²) in [6.45, 7) is 6.56. The van der Waals surface area contributed by atoms with Crippen molar-refractivity contribution in [2.24, 2.45) is 0 Å². The number of hydrogen-bond acceptors (Lipinski definition) is 10. The standard InChI is InChI=1S/C31H41N9O3/c1-7-25-30(42)38(5)26-20-33-31(35-28(26)40(25)36(2)3)34-24-13-10-22(18-27(24)43-6)29(41)32-19-21-8-11-23(12-9-21)39-16-14-37(4)15-17-39/h8-13,18,20,25H,7,14-17,19H2,1-6H3,(H,32,41)(H,33,34,35).